The number of benzene rings is 3. The first-order chi connectivity index (χ1) is 19.4. The molecule has 1 saturated carbocycles. The van der Waals surface area contributed by atoms with Crippen LogP contribution >= 0.6 is 11.3 Å². The molecule has 0 radical (unpaired) electrons. The van der Waals surface area contributed by atoms with Gasteiger partial charge in [0.15, 0.2) is 5.13 Å². The topological polar surface area (TPSA) is 79.4 Å². The molecule has 0 bridgehead atoms. The van der Waals surface area contributed by atoms with Gasteiger partial charge in [0.05, 0.1) is 10.6 Å². The van der Waals surface area contributed by atoms with Crippen molar-refractivity contribution in [3.8, 4) is 22.4 Å². The Balaban J connectivity index is 1.31. The molecule has 0 saturated heterocycles. The molecule has 1 amide bonds. The minimum Gasteiger partial charge on any atom is -0.298 e. The normalized spacial score (nSPS) is 14.4. The van der Waals surface area contributed by atoms with Crippen LogP contribution < -0.4 is 5.32 Å². The summed E-state index contributed by atoms with van der Waals surface area (Å²) >= 11 is 1.48. The number of nitrogens with zero attached hydrogens (tertiary/aromatic N) is 2. The monoisotopic (exact) mass is 573 g/mol. The van der Waals surface area contributed by atoms with Crippen molar-refractivity contribution in [2.24, 2.45) is 0 Å². The van der Waals surface area contributed by atoms with Crippen LogP contribution in [0, 0.1) is 0 Å². The van der Waals surface area contributed by atoms with E-state index in [0.29, 0.717) is 10.7 Å². The molecule has 208 valence electrons. The van der Waals surface area contributed by atoms with E-state index in [1.807, 2.05) is 18.2 Å². The fraction of sp³-hybridized carbons (Fsp3) is 0.312. The smallest absolute Gasteiger partial charge is 0.257 e. The maximum Gasteiger partial charge on any atom is 0.257 e. The van der Waals surface area contributed by atoms with E-state index in [2.05, 4.69) is 48.6 Å². The predicted octanol–water partition coefficient (Wildman–Crippen LogP) is 7.64. The van der Waals surface area contributed by atoms with Gasteiger partial charge in [-0.2, -0.15) is 4.31 Å². The number of nitrogens with one attached hydrogen (secondary N) is 1. The molecular weight excluding hydrogens is 539 g/mol. The molecular formula is C32H35N3O3S2. The van der Waals surface area contributed by atoms with Crippen molar-refractivity contribution in [3.05, 3.63) is 89.3 Å². The summed E-state index contributed by atoms with van der Waals surface area (Å²) in [6.45, 7) is 2.13. The van der Waals surface area contributed by atoms with E-state index in [9.17, 15) is 13.2 Å². The van der Waals surface area contributed by atoms with Crippen LogP contribution in [-0.4, -0.2) is 36.7 Å². The summed E-state index contributed by atoms with van der Waals surface area (Å²) in [5, 5.41) is 3.46. The van der Waals surface area contributed by atoms with E-state index in [4.69, 9.17) is 4.98 Å². The molecule has 1 heterocycles. The van der Waals surface area contributed by atoms with Gasteiger partial charge in [0.2, 0.25) is 10.0 Å². The van der Waals surface area contributed by atoms with Crippen molar-refractivity contribution in [1.82, 2.24) is 9.29 Å². The Kier molecular flexibility index (Phi) is 8.78. The first-order valence-electron chi connectivity index (χ1n) is 13.9. The zero-order chi connectivity index (χ0) is 28.1. The molecule has 5 rings (SSSR count). The van der Waals surface area contributed by atoms with Crippen LogP contribution in [0.4, 0.5) is 5.13 Å². The van der Waals surface area contributed by atoms with E-state index >= 15 is 0 Å². The molecule has 1 N–H and O–H groups in total. The molecule has 6 nitrogen and oxygen atoms in total. The minimum atomic E-state index is -3.61. The zero-order valence-corrected chi connectivity index (χ0v) is 24.6. The molecule has 0 unspecified atom stereocenters. The second-order valence-electron chi connectivity index (χ2n) is 10.3. The number of hydrogen-bond acceptors (Lipinski definition) is 5. The van der Waals surface area contributed by atoms with Crippen molar-refractivity contribution in [2.75, 3.05) is 12.4 Å². The van der Waals surface area contributed by atoms with Crippen LogP contribution in [0.3, 0.4) is 0 Å². The number of hydrogen-bond donors (Lipinski definition) is 1. The summed E-state index contributed by atoms with van der Waals surface area (Å²) < 4.78 is 27.8. The highest BCUT2D eigenvalue weighted by molar-refractivity contribution is 7.89. The van der Waals surface area contributed by atoms with E-state index in [0.717, 1.165) is 72.2 Å². The second kappa shape index (κ2) is 12.5. The Morgan fingerprint density at radius 3 is 2.17 bits per heavy atom. The molecule has 1 aliphatic rings. The van der Waals surface area contributed by atoms with Crippen molar-refractivity contribution < 1.29 is 13.2 Å². The van der Waals surface area contributed by atoms with Gasteiger partial charge < -0.3 is 0 Å². The van der Waals surface area contributed by atoms with Gasteiger partial charge in [0.25, 0.3) is 5.91 Å². The number of rotatable bonds is 9. The Labute approximate surface area is 241 Å². The molecule has 4 aromatic rings. The lowest BCUT2D eigenvalue weighted by Crippen LogP contribution is -2.38. The molecule has 0 spiro atoms. The largest absolute Gasteiger partial charge is 0.298 e. The first-order valence-corrected chi connectivity index (χ1v) is 16.2. The third-order valence-electron chi connectivity index (χ3n) is 7.54. The number of amides is 1. The number of anilines is 1. The van der Waals surface area contributed by atoms with Crippen LogP contribution in [0.1, 0.15) is 60.7 Å². The van der Waals surface area contributed by atoms with Gasteiger partial charge in [-0.15, -0.1) is 11.3 Å². The highest BCUT2D eigenvalue weighted by atomic mass is 32.2. The van der Waals surface area contributed by atoms with Crippen LogP contribution in [0.2, 0.25) is 0 Å². The summed E-state index contributed by atoms with van der Waals surface area (Å²) in [5.74, 6) is -0.313. The maximum absolute atomic E-state index is 13.2. The van der Waals surface area contributed by atoms with Gasteiger partial charge in [0.1, 0.15) is 0 Å². The molecule has 1 fully saturated rings. The van der Waals surface area contributed by atoms with E-state index in [1.54, 1.807) is 19.2 Å². The number of carbonyl (C=O) groups is 1. The highest BCUT2D eigenvalue weighted by Crippen LogP contribution is 2.34. The first kappa shape index (κ1) is 28.2. The quantitative estimate of drug-likeness (QED) is 0.223. The minimum absolute atomic E-state index is 0.0349. The number of aromatic nitrogens is 1. The van der Waals surface area contributed by atoms with Crippen LogP contribution in [0.15, 0.2) is 83.8 Å². The molecule has 1 aliphatic carbocycles. The average molecular weight is 574 g/mol. The Bertz CT molecular complexity index is 1540. The number of sulfonamides is 1. The third kappa shape index (κ3) is 6.19. The molecule has 3 aromatic carbocycles. The van der Waals surface area contributed by atoms with E-state index in [1.165, 1.54) is 27.8 Å². The van der Waals surface area contributed by atoms with Crippen LogP contribution in [0.5, 0.6) is 0 Å². The van der Waals surface area contributed by atoms with Crippen LogP contribution in [-0.2, 0) is 16.4 Å². The standard InChI is InChI=1S/C32H35N3O3S2/c1-3-10-29-30(25-17-15-24(16-18-25)23-11-6-4-7-12-23)33-32(39-29)34-31(36)26-19-21-28(22-20-26)40(37,38)35(2)27-13-8-5-9-14-27/h4,6-7,11-12,15-22,27H,3,5,8-10,13-14H2,1-2H3,(H,33,34,36). The number of carbonyl (C=O) groups excluding carboxylic acids is 1. The summed E-state index contributed by atoms with van der Waals surface area (Å²) in [6.07, 6.45) is 6.89. The van der Waals surface area contributed by atoms with Crippen molar-refractivity contribution in [3.63, 3.8) is 0 Å². The van der Waals surface area contributed by atoms with Crippen LogP contribution in [0.25, 0.3) is 22.4 Å². The Hall–Kier alpha value is -3.33. The Morgan fingerprint density at radius 1 is 0.900 bits per heavy atom. The van der Waals surface area contributed by atoms with E-state index < -0.39 is 10.0 Å². The van der Waals surface area contributed by atoms with Crippen molar-refractivity contribution >= 4 is 32.4 Å². The molecule has 40 heavy (non-hydrogen) atoms. The van der Waals surface area contributed by atoms with Gasteiger partial charge >= 0.3 is 0 Å². The predicted molar refractivity (Wildman–Crippen MR) is 163 cm³/mol. The Morgan fingerprint density at radius 2 is 1.52 bits per heavy atom. The molecule has 0 aliphatic heterocycles. The lowest BCUT2D eigenvalue weighted by atomic mass is 9.96. The van der Waals surface area contributed by atoms with Gasteiger partial charge in [-0.3, -0.25) is 10.1 Å². The summed E-state index contributed by atoms with van der Waals surface area (Å²) in [6, 6.07) is 24.8. The lowest BCUT2D eigenvalue weighted by Gasteiger charge is -2.30. The number of thiazole rings is 1. The van der Waals surface area contributed by atoms with Gasteiger partial charge in [-0.05, 0) is 54.7 Å². The lowest BCUT2D eigenvalue weighted by molar-refractivity contribution is 0.102. The maximum atomic E-state index is 13.2. The fourth-order valence-corrected chi connectivity index (χ4v) is 7.73. The molecule has 8 heteroatoms. The number of aryl methyl sites for hydroxylation is 1. The summed E-state index contributed by atoms with van der Waals surface area (Å²) in [4.78, 5) is 19.2. The van der Waals surface area contributed by atoms with Gasteiger partial charge in [-0.25, -0.2) is 13.4 Å². The summed E-state index contributed by atoms with van der Waals surface area (Å²) in [7, 11) is -1.95. The van der Waals surface area contributed by atoms with Gasteiger partial charge in [-0.1, -0.05) is 87.2 Å². The van der Waals surface area contributed by atoms with Crippen molar-refractivity contribution in [1.29, 1.82) is 0 Å². The SMILES string of the molecule is CCCc1sc(NC(=O)c2ccc(S(=O)(=O)N(C)C3CCCCC3)cc2)nc1-c1ccc(-c2ccccc2)cc1. The molecule has 1 aromatic heterocycles. The summed E-state index contributed by atoms with van der Waals surface area (Å²) in [5.41, 5.74) is 4.58. The van der Waals surface area contributed by atoms with E-state index in [-0.39, 0.29) is 16.8 Å². The second-order valence-corrected chi connectivity index (χ2v) is 13.4. The fourth-order valence-electron chi connectivity index (χ4n) is 5.23. The molecule has 0 atom stereocenters. The van der Waals surface area contributed by atoms with Crippen molar-refractivity contribution in [2.45, 2.75) is 62.8 Å². The van der Waals surface area contributed by atoms with Gasteiger partial charge in [0, 0.05) is 29.1 Å². The highest BCUT2D eigenvalue weighted by Gasteiger charge is 2.29. The zero-order valence-electron chi connectivity index (χ0n) is 23.0. The third-order valence-corrected chi connectivity index (χ3v) is 10.5. The average Bonchev–Trinajstić information content (AvgIpc) is 3.39.